The first-order chi connectivity index (χ1) is 11.3. The molecule has 1 aliphatic heterocycles. The summed E-state index contributed by atoms with van der Waals surface area (Å²) in [4.78, 5) is 4.95. The van der Waals surface area contributed by atoms with Crippen molar-refractivity contribution in [1.82, 2.24) is 20.0 Å². The Bertz CT molecular complexity index is 576. The van der Waals surface area contributed by atoms with Gasteiger partial charge in [0.15, 0.2) is 0 Å². The predicted molar refractivity (Wildman–Crippen MR) is 92.7 cm³/mol. The van der Waals surface area contributed by atoms with Crippen molar-refractivity contribution in [3.63, 3.8) is 0 Å². The van der Waals surface area contributed by atoms with E-state index in [1.54, 1.807) is 6.20 Å². The van der Waals surface area contributed by atoms with E-state index in [1.165, 1.54) is 39.1 Å². The molecule has 23 heavy (non-hydrogen) atoms. The molecule has 2 heterocycles. The van der Waals surface area contributed by atoms with Crippen LogP contribution in [0.25, 0.3) is 11.3 Å². The Kier molecular flexibility index (Phi) is 5.66. The molecule has 1 aromatic carbocycles. The zero-order valence-corrected chi connectivity index (χ0v) is 13.9. The van der Waals surface area contributed by atoms with E-state index in [9.17, 15) is 0 Å². The van der Waals surface area contributed by atoms with Gasteiger partial charge >= 0.3 is 0 Å². The summed E-state index contributed by atoms with van der Waals surface area (Å²) in [6.07, 6.45) is 4.04. The number of nitrogens with zero attached hydrogens (tertiary/aromatic N) is 3. The number of para-hydroxylation sites is 1. The smallest absolute Gasteiger partial charge is 0.128 e. The molecule has 1 N–H and O–H groups in total. The maximum absolute atomic E-state index is 5.99. The number of unbranched alkanes of at least 4 members (excludes halogenated alkanes) is 1. The molecule has 0 aliphatic carbocycles. The quantitative estimate of drug-likeness (QED) is 0.798. The molecular formula is C18H26N4O. The van der Waals surface area contributed by atoms with Gasteiger partial charge in [-0.05, 0) is 44.6 Å². The van der Waals surface area contributed by atoms with Gasteiger partial charge in [0.2, 0.25) is 0 Å². The molecular weight excluding hydrogens is 288 g/mol. The average Bonchev–Trinajstić information content (AvgIpc) is 3.11. The van der Waals surface area contributed by atoms with E-state index in [0.717, 1.165) is 30.0 Å². The fourth-order valence-electron chi connectivity index (χ4n) is 2.91. The third-order valence-corrected chi connectivity index (χ3v) is 4.40. The molecule has 1 saturated heterocycles. The highest BCUT2D eigenvalue weighted by Gasteiger charge is 2.12. The maximum Gasteiger partial charge on any atom is 0.128 e. The minimum atomic E-state index is 0.763. The van der Waals surface area contributed by atoms with Crippen LogP contribution in [0.3, 0.4) is 0 Å². The van der Waals surface area contributed by atoms with E-state index in [1.807, 2.05) is 24.3 Å². The molecule has 5 nitrogen and oxygen atoms in total. The van der Waals surface area contributed by atoms with Gasteiger partial charge in [-0.1, -0.05) is 12.1 Å². The van der Waals surface area contributed by atoms with Crippen molar-refractivity contribution in [3.8, 4) is 17.0 Å². The molecule has 0 unspecified atom stereocenters. The lowest BCUT2D eigenvalue weighted by atomic mass is 10.1. The number of rotatable bonds is 7. The Morgan fingerprint density at radius 2 is 1.91 bits per heavy atom. The van der Waals surface area contributed by atoms with Gasteiger partial charge in [-0.15, -0.1) is 0 Å². The number of H-pyrrole nitrogens is 1. The van der Waals surface area contributed by atoms with Crippen molar-refractivity contribution in [3.05, 3.63) is 36.5 Å². The molecule has 124 valence electrons. The number of hydrogen-bond acceptors (Lipinski definition) is 4. The minimum Gasteiger partial charge on any atom is -0.493 e. The van der Waals surface area contributed by atoms with E-state index in [0.29, 0.717) is 0 Å². The van der Waals surface area contributed by atoms with Crippen LogP contribution in [0.2, 0.25) is 0 Å². The third kappa shape index (κ3) is 4.56. The van der Waals surface area contributed by atoms with Gasteiger partial charge in [-0.3, -0.25) is 5.10 Å². The fourth-order valence-corrected chi connectivity index (χ4v) is 2.91. The summed E-state index contributed by atoms with van der Waals surface area (Å²) in [6, 6.07) is 10.1. The second-order valence-corrected chi connectivity index (χ2v) is 6.17. The van der Waals surface area contributed by atoms with Crippen LogP contribution in [0.15, 0.2) is 36.5 Å². The number of hydrogen-bond donors (Lipinski definition) is 1. The van der Waals surface area contributed by atoms with Crippen LogP contribution < -0.4 is 4.74 Å². The van der Waals surface area contributed by atoms with E-state index in [-0.39, 0.29) is 0 Å². The molecule has 1 aliphatic rings. The highest BCUT2D eigenvalue weighted by molar-refractivity contribution is 5.66. The molecule has 0 radical (unpaired) electrons. The number of aromatic nitrogens is 2. The highest BCUT2D eigenvalue weighted by atomic mass is 16.5. The van der Waals surface area contributed by atoms with Crippen LogP contribution in [0.1, 0.15) is 12.8 Å². The molecule has 2 aromatic rings. The Morgan fingerprint density at radius 1 is 1.09 bits per heavy atom. The summed E-state index contributed by atoms with van der Waals surface area (Å²) < 4.78 is 5.99. The van der Waals surface area contributed by atoms with E-state index in [4.69, 9.17) is 4.74 Å². The van der Waals surface area contributed by atoms with Gasteiger partial charge in [0, 0.05) is 37.9 Å². The lowest BCUT2D eigenvalue weighted by Gasteiger charge is -2.32. The van der Waals surface area contributed by atoms with Gasteiger partial charge in [-0.2, -0.15) is 5.10 Å². The molecule has 5 heteroatoms. The summed E-state index contributed by atoms with van der Waals surface area (Å²) in [6.45, 7) is 6.71. The van der Waals surface area contributed by atoms with E-state index in [2.05, 4.69) is 33.1 Å². The van der Waals surface area contributed by atoms with Crippen molar-refractivity contribution >= 4 is 0 Å². The SMILES string of the molecule is CN1CCN(CCCCOc2ccccc2-c2ccn[nH]2)CC1. The van der Waals surface area contributed by atoms with Crippen LogP contribution in [-0.4, -0.2) is 66.4 Å². The maximum atomic E-state index is 5.99. The van der Waals surface area contributed by atoms with Gasteiger partial charge in [0.25, 0.3) is 0 Å². The molecule has 1 aromatic heterocycles. The topological polar surface area (TPSA) is 44.4 Å². The van der Waals surface area contributed by atoms with Gasteiger partial charge in [-0.25, -0.2) is 0 Å². The third-order valence-electron chi connectivity index (χ3n) is 4.40. The summed E-state index contributed by atoms with van der Waals surface area (Å²) in [5.74, 6) is 0.927. The lowest BCUT2D eigenvalue weighted by molar-refractivity contribution is 0.150. The van der Waals surface area contributed by atoms with E-state index < -0.39 is 0 Å². The number of ether oxygens (including phenoxy) is 1. The first-order valence-corrected chi connectivity index (χ1v) is 8.45. The molecule has 1 fully saturated rings. The molecule has 0 bridgehead atoms. The standard InChI is InChI=1S/C18H26N4O/c1-21-11-13-22(14-12-21)10-4-5-15-23-18-7-3-2-6-16(18)17-8-9-19-20-17/h2-3,6-9H,4-5,10-15H2,1H3,(H,19,20). The van der Waals surface area contributed by atoms with Crippen LogP contribution in [0.4, 0.5) is 0 Å². The Hall–Kier alpha value is -1.85. The van der Waals surface area contributed by atoms with Crippen LogP contribution in [0, 0.1) is 0 Å². The second-order valence-electron chi connectivity index (χ2n) is 6.17. The lowest BCUT2D eigenvalue weighted by Crippen LogP contribution is -2.44. The summed E-state index contributed by atoms with van der Waals surface area (Å²) in [5.41, 5.74) is 2.07. The number of aromatic amines is 1. The average molecular weight is 314 g/mol. The fraction of sp³-hybridized carbons (Fsp3) is 0.500. The van der Waals surface area contributed by atoms with Crippen molar-refractivity contribution in [1.29, 1.82) is 0 Å². The van der Waals surface area contributed by atoms with Crippen molar-refractivity contribution in [2.75, 3.05) is 46.4 Å². The van der Waals surface area contributed by atoms with Crippen molar-refractivity contribution < 1.29 is 4.74 Å². The first kappa shape index (κ1) is 16.0. The van der Waals surface area contributed by atoms with Crippen molar-refractivity contribution in [2.24, 2.45) is 0 Å². The predicted octanol–water partition coefficient (Wildman–Crippen LogP) is 2.48. The summed E-state index contributed by atoms with van der Waals surface area (Å²) in [7, 11) is 2.20. The normalized spacial score (nSPS) is 16.6. The zero-order chi connectivity index (χ0) is 15.9. The second kappa shape index (κ2) is 8.13. The Morgan fingerprint density at radius 3 is 2.70 bits per heavy atom. The molecule has 0 saturated carbocycles. The molecule has 0 amide bonds. The van der Waals surface area contributed by atoms with Gasteiger partial charge in [0.1, 0.15) is 5.75 Å². The van der Waals surface area contributed by atoms with E-state index >= 15 is 0 Å². The minimum absolute atomic E-state index is 0.763. The summed E-state index contributed by atoms with van der Waals surface area (Å²) >= 11 is 0. The van der Waals surface area contributed by atoms with Gasteiger partial charge in [0.05, 0.1) is 12.3 Å². The Labute approximate surface area is 138 Å². The van der Waals surface area contributed by atoms with Crippen LogP contribution in [0.5, 0.6) is 5.75 Å². The van der Waals surface area contributed by atoms with Gasteiger partial charge < -0.3 is 14.5 Å². The largest absolute Gasteiger partial charge is 0.493 e. The highest BCUT2D eigenvalue weighted by Crippen LogP contribution is 2.28. The summed E-state index contributed by atoms with van der Waals surface area (Å²) in [5, 5.41) is 7.02. The molecule has 3 rings (SSSR count). The monoisotopic (exact) mass is 314 g/mol. The number of likely N-dealkylation sites (N-methyl/N-ethyl adjacent to an activating group) is 1. The van der Waals surface area contributed by atoms with Crippen molar-refractivity contribution in [2.45, 2.75) is 12.8 Å². The zero-order valence-electron chi connectivity index (χ0n) is 13.9. The number of benzene rings is 1. The number of piperazine rings is 1. The first-order valence-electron chi connectivity index (χ1n) is 8.45. The van der Waals surface area contributed by atoms with Crippen LogP contribution in [-0.2, 0) is 0 Å². The molecule has 0 spiro atoms. The number of nitrogens with one attached hydrogen (secondary N) is 1. The Balaban J connectivity index is 1.41. The molecule has 0 atom stereocenters. The van der Waals surface area contributed by atoms with Crippen LogP contribution >= 0.6 is 0 Å².